The summed E-state index contributed by atoms with van der Waals surface area (Å²) in [5.74, 6) is -0.245. The molecule has 1 saturated heterocycles. The van der Waals surface area contributed by atoms with Crippen LogP contribution in [0.1, 0.15) is 17.0 Å². The number of hydrogen-bond acceptors (Lipinski definition) is 5. The minimum absolute atomic E-state index is 0.137. The van der Waals surface area contributed by atoms with Crippen LogP contribution in [0.3, 0.4) is 0 Å². The van der Waals surface area contributed by atoms with E-state index in [0.717, 1.165) is 0 Å². The van der Waals surface area contributed by atoms with Crippen molar-refractivity contribution in [3.05, 3.63) is 12.2 Å². The van der Waals surface area contributed by atoms with Gasteiger partial charge in [0.05, 0.1) is 6.61 Å². The predicted octanol–water partition coefficient (Wildman–Crippen LogP) is -1.31. The summed E-state index contributed by atoms with van der Waals surface area (Å²) in [6.07, 6.45) is 1.78. The number of carbonyl (C=O) groups is 1. The summed E-state index contributed by atoms with van der Waals surface area (Å²) in [5.41, 5.74) is -0.949. The molecule has 2 heterocycles. The third-order valence-electron chi connectivity index (χ3n) is 2.29. The summed E-state index contributed by atoms with van der Waals surface area (Å²) in [5, 5.41) is 18.4. The fourth-order valence-corrected chi connectivity index (χ4v) is 1.38. The maximum absolute atomic E-state index is 11.4. The first-order valence-electron chi connectivity index (χ1n) is 4.63. The van der Waals surface area contributed by atoms with E-state index in [2.05, 4.69) is 20.5 Å². The van der Waals surface area contributed by atoms with Gasteiger partial charge in [-0.15, -0.1) is 0 Å². The lowest BCUT2D eigenvalue weighted by molar-refractivity contribution is 0.0263. The van der Waals surface area contributed by atoms with Crippen molar-refractivity contribution in [1.82, 2.24) is 20.5 Å². The summed E-state index contributed by atoms with van der Waals surface area (Å²) in [4.78, 5) is 15.1. The van der Waals surface area contributed by atoms with Crippen LogP contribution in [0.4, 0.5) is 0 Å². The van der Waals surface area contributed by atoms with Crippen molar-refractivity contribution in [1.29, 1.82) is 0 Å². The van der Waals surface area contributed by atoms with E-state index in [1.807, 2.05) is 0 Å². The molecule has 1 unspecified atom stereocenters. The van der Waals surface area contributed by atoms with E-state index in [-0.39, 0.29) is 24.9 Å². The van der Waals surface area contributed by atoms with Crippen LogP contribution in [0.2, 0.25) is 0 Å². The van der Waals surface area contributed by atoms with Gasteiger partial charge in [-0.2, -0.15) is 5.10 Å². The van der Waals surface area contributed by atoms with Crippen molar-refractivity contribution in [2.45, 2.75) is 12.0 Å². The lowest BCUT2D eigenvalue weighted by Crippen LogP contribution is -2.43. The average molecular weight is 212 g/mol. The molecule has 1 atom stereocenters. The van der Waals surface area contributed by atoms with Crippen molar-refractivity contribution in [3.8, 4) is 0 Å². The molecule has 1 fully saturated rings. The Kier molecular flexibility index (Phi) is 2.65. The van der Waals surface area contributed by atoms with Crippen LogP contribution >= 0.6 is 0 Å². The Balaban J connectivity index is 1.85. The van der Waals surface area contributed by atoms with E-state index in [9.17, 15) is 9.90 Å². The smallest absolute Gasteiger partial charge is 0.288 e. The van der Waals surface area contributed by atoms with E-state index >= 15 is 0 Å². The molecule has 0 bridgehead atoms. The highest BCUT2D eigenvalue weighted by molar-refractivity contribution is 5.90. The standard InChI is InChI=1S/C8H12N4O3/c13-7(6-10-5-11-12-6)9-3-8(14)1-2-15-4-8/h5,14H,1-4H2,(H,9,13)(H,10,11,12). The van der Waals surface area contributed by atoms with E-state index in [4.69, 9.17) is 4.74 Å². The number of aromatic amines is 1. The van der Waals surface area contributed by atoms with E-state index in [1.54, 1.807) is 0 Å². The molecule has 0 radical (unpaired) electrons. The molecule has 7 heteroatoms. The Labute approximate surface area is 85.9 Å². The van der Waals surface area contributed by atoms with Crippen molar-refractivity contribution in [3.63, 3.8) is 0 Å². The van der Waals surface area contributed by atoms with Gasteiger partial charge < -0.3 is 15.2 Å². The fourth-order valence-electron chi connectivity index (χ4n) is 1.38. The second-order valence-corrected chi connectivity index (χ2v) is 3.54. The Hall–Kier alpha value is -1.47. The zero-order valence-electron chi connectivity index (χ0n) is 8.06. The third kappa shape index (κ3) is 2.31. The molecule has 1 aromatic rings. The van der Waals surface area contributed by atoms with E-state index in [1.165, 1.54) is 6.33 Å². The lowest BCUT2D eigenvalue weighted by atomic mass is 10.0. The molecule has 15 heavy (non-hydrogen) atoms. The Bertz CT molecular complexity index is 332. The van der Waals surface area contributed by atoms with Gasteiger partial charge in [0, 0.05) is 19.6 Å². The van der Waals surface area contributed by atoms with Gasteiger partial charge in [-0.3, -0.25) is 9.89 Å². The summed E-state index contributed by atoms with van der Waals surface area (Å²) in [7, 11) is 0. The maximum atomic E-state index is 11.4. The highest BCUT2D eigenvalue weighted by atomic mass is 16.5. The largest absolute Gasteiger partial charge is 0.386 e. The van der Waals surface area contributed by atoms with Gasteiger partial charge in [0.25, 0.3) is 5.91 Å². The van der Waals surface area contributed by atoms with Crippen LogP contribution in [-0.4, -0.2) is 51.6 Å². The van der Waals surface area contributed by atoms with Gasteiger partial charge in [0.15, 0.2) is 0 Å². The fraction of sp³-hybridized carbons (Fsp3) is 0.625. The van der Waals surface area contributed by atoms with Crippen LogP contribution in [-0.2, 0) is 4.74 Å². The van der Waals surface area contributed by atoms with Crippen molar-refractivity contribution < 1.29 is 14.6 Å². The zero-order chi connectivity index (χ0) is 10.7. The number of carbonyl (C=O) groups excluding carboxylic acids is 1. The first-order valence-corrected chi connectivity index (χ1v) is 4.63. The number of nitrogens with one attached hydrogen (secondary N) is 2. The number of nitrogens with zero attached hydrogens (tertiary/aromatic N) is 2. The molecule has 2 rings (SSSR count). The van der Waals surface area contributed by atoms with Gasteiger partial charge in [0.1, 0.15) is 11.9 Å². The molecule has 3 N–H and O–H groups in total. The molecular formula is C8H12N4O3. The van der Waals surface area contributed by atoms with Crippen molar-refractivity contribution in [2.75, 3.05) is 19.8 Å². The minimum Gasteiger partial charge on any atom is -0.386 e. The molecule has 1 aliphatic rings. The minimum atomic E-state index is -0.949. The van der Waals surface area contributed by atoms with Gasteiger partial charge in [-0.25, -0.2) is 4.98 Å². The Morgan fingerprint density at radius 1 is 1.80 bits per heavy atom. The first kappa shape index (κ1) is 10.1. The van der Waals surface area contributed by atoms with Gasteiger partial charge in [0.2, 0.25) is 5.82 Å². The van der Waals surface area contributed by atoms with Crippen molar-refractivity contribution in [2.24, 2.45) is 0 Å². The molecule has 82 valence electrons. The van der Waals surface area contributed by atoms with Gasteiger partial charge in [-0.1, -0.05) is 0 Å². The molecule has 0 spiro atoms. The Morgan fingerprint density at radius 2 is 2.67 bits per heavy atom. The van der Waals surface area contributed by atoms with Crippen molar-refractivity contribution >= 4 is 5.91 Å². The first-order chi connectivity index (χ1) is 7.20. The second kappa shape index (κ2) is 3.95. The number of rotatable bonds is 3. The SMILES string of the molecule is O=C(NCC1(O)CCOC1)c1ncn[nH]1. The number of aromatic nitrogens is 3. The molecule has 1 amide bonds. The average Bonchev–Trinajstić information content (AvgIpc) is 2.85. The number of ether oxygens (including phenoxy) is 1. The van der Waals surface area contributed by atoms with E-state index in [0.29, 0.717) is 13.0 Å². The number of H-pyrrole nitrogens is 1. The number of hydrogen-bond donors (Lipinski definition) is 3. The normalized spacial score (nSPS) is 25.4. The second-order valence-electron chi connectivity index (χ2n) is 3.54. The monoisotopic (exact) mass is 212 g/mol. The predicted molar refractivity (Wildman–Crippen MR) is 49.1 cm³/mol. The molecule has 0 aliphatic carbocycles. The lowest BCUT2D eigenvalue weighted by Gasteiger charge is -2.19. The molecular weight excluding hydrogens is 200 g/mol. The molecule has 1 aromatic heterocycles. The summed E-state index contributed by atoms with van der Waals surface area (Å²) in [6, 6.07) is 0. The third-order valence-corrected chi connectivity index (χ3v) is 2.29. The van der Waals surface area contributed by atoms with Crippen LogP contribution in [0.5, 0.6) is 0 Å². The summed E-state index contributed by atoms with van der Waals surface area (Å²) >= 11 is 0. The van der Waals surface area contributed by atoms with E-state index < -0.39 is 5.60 Å². The molecule has 1 aliphatic heterocycles. The van der Waals surface area contributed by atoms with Crippen LogP contribution in [0, 0.1) is 0 Å². The molecule has 0 saturated carbocycles. The zero-order valence-corrected chi connectivity index (χ0v) is 8.06. The van der Waals surface area contributed by atoms with Gasteiger partial charge in [-0.05, 0) is 0 Å². The maximum Gasteiger partial charge on any atom is 0.288 e. The quantitative estimate of drug-likeness (QED) is 0.577. The van der Waals surface area contributed by atoms with Crippen LogP contribution in [0.15, 0.2) is 6.33 Å². The summed E-state index contributed by atoms with van der Waals surface area (Å²) in [6.45, 7) is 0.935. The van der Waals surface area contributed by atoms with Crippen LogP contribution < -0.4 is 5.32 Å². The molecule has 7 nitrogen and oxygen atoms in total. The highest BCUT2D eigenvalue weighted by Crippen LogP contribution is 2.16. The number of aliphatic hydroxyl groups is 1. The van der Waals surface area contributed by atoms with Crippen LogP contribution in [0.25, 0.3) is 0 Å². The highest BCUT2D eigenvalue weighted by Gasteiger charge is 2.32. The summed E-state index contributed by atoms with van der Waals surface area (Å²) < 4.78 is 5.05. The molecule has 0 aromatic carbocycles. The number of amides is 1. The Morgan fingerprint density at radius 3 is 3.27 bits per heavy atom. The van der Waals surface area contributed by atoms with Gasteiger partial charge >= 0.3 is 0 Å². The topological polar surface area (TPSA) is 100 Å².